The van der Waals surface area contributed by atoms with E-state index in [1.807, 2.05) is 6.07 Å². The normalized spacial score (nSPS) is 12.8. The van der Waals surface area contributed by atoms with Gasteiger partial charge >= 0.3 is 0 Å². The summed E-state index contributed by atoms with van der Waals surface area (Å²) in [6.45, 7) is 4.16. The van der Waals surface area contributed by atoms with Crippen molar-refractivity contribution in [3.63, 3.8) is 0 Å². The molecule has 0 fully saturated rings. The molecule has 2 rings (SSSR count). The maximum Gasteiger partial charge on any atom is 0.257 e. The minimum absolute atomic E-state index is 0.0147. The van der Waals surface area contributed by atoms with Crippen molar-refractivity contribution >= 4 is 44.0 Å². The predicted molar refractivity (Wildman–Crippen MR) is 114 cm³/mol. The van der Waals surface area contributed by atoms with E-state index in [4.69, 9.17) is 11.6 Å². The number of hydrogen-bond donors (Lipinski definition) is 1. The molecule has 1 unspecified atom stereocenters. The average Bonchev–Trinajstić information content (AvgIpc) is 2.62. The van der Waals surface area contributed by atoms with Gasteiger partial charge in [-0.25, -0.2) is 8.42 Å². The van der Waals surface area contributed by atoms with Gasteiger partial charge in [0.15, 0.2) is 0 Å². The Morgan fingerprint density at radius 3 is 2.43 bits per heavy atom. The molecule has 0 aromatic heterocycles. The summed E-state index contributed by atoms with van der Waals surface area (Å²) in [5, 5.41) is 2.87. The lowest BCUT2D eigenvalue weighted by atomic mass is 10.2. The second-order valence-corrected chi connectivity index (χ2v) is 9.88. The molecule has 0 spiro atoms. The Bertz CT molecular complexity index is 989. The molecule has 0 saturated carbocycles. The zero-order chi connectivity index (χ0) is 20.9. The molecule has 0 radical (unpaired) electrons. The molecule has 2 aromatic rings. The maximum atomic E-state index is 12.7. The number of halogens is 1. The van der Waals surface area contributed by atoms with Gasteiger partial charge in [0.25, 0.3) is 5.91 Å². The SMILES string of the molecule is CCN(CC)S(=O)(=O)c1ccc(Cl)c(C(=O)Nc2cccc(CS(C)=O)c2)c1. The van der Waals surface area contributed by atoms with Gasteiger partial charge in [-0.3, -0.25) is 9.00 Å². The van der Waals surface area contributed by atoms with Crippen molar-refractivity contribution in [2.24, 2.45) is 0 Å². The Balaban J connectivity index is 2.33. The van der Waals surface area contributed by atoms with E-state index in [1.54, 1.807) is 38.3 Å². The number of benzene rings is 2. The molecule has 0 bridgehead atoms. The van der Waals surface area contributed by atoms with Gasteiger partial charge in [0.2, 0.25) is 10.0 Å². The van der Waals surface area contributed by atoms with Crippen molar-refractivity contribution < 1.29 is 17.4 Å². The fraction of sp³-hybridized carbons (Fsp3) is 0.316. The second-order valence-electron chi connectivity index (χ2n) is 6.10. The number of anilines is 1. The summed E-state index contributed by atoms with van der Waals surface area (Å²) in [6.07, 6.45) is 1.60. The Labute approximate surface area is 173 Å². The van der Waals surface area contributed by atoms with E-state index in [1.165, 1.54) is 22.5 Å². The first-order valence-corrected chi connectivity index (χ1v) is 12.2. The van der Waals surface area contributed by atoms with Crippen molar-refractivity contribution in [3.05, 3.63) is 58.6 Å². The van der Waals surface area contributed by atoms with E-state index in [-0.39, 0.29) is 15.5 Å². The minimum Gasteiger partial charge on any atom is -0.322 e. The van der Waals surface area contributed by atoms with E-state index in [0.29, 0.717) is 24.5 Å². The van der Waals surface area contributed by atoms with Crippen LogP contribution in [0.25, 0.3) is 0 Å². The molecule has 0 aliphatic carbocycles. The van der Waals surface area contributed by atoms with E-state index in [2.05, 4.69) is 5.32 Å². The minimum atomic E-state index is -3.71. The van der Waals surface area contributed by atoms with Gasteiger partial charge in [-0.2, -0.15) is 4.31 Å². The summed E-state index contributed by atoms with van der Waals surface area (Å²) in [5.41, 5.74) is 1.41. The third-order valence-corrected chi connectivity index (χ3v) is 7.20. The van der Waals surface area contributed by atoms with Crippen LogP contribution in [0.4, 0.5) is 5.69 Å². The molecule has 0 aliphatic rings. The number of sulfonamides is 1. The number of carbonyl (C=O) groups excluding carboxylic acids is 1. The molecule has 0 saturated heterocycles. The molecule has 1 atom stereocenters. The highest BCUT2D eigenvalue weighted by Gasteiger charge is 2.24. The zero-order valence-corrected chi connectivity index (χ0v) is 18.3. The van der Waals surface area contributed by atoms with Gasteiger partial charge < -0.3 is 5.32 Å². The average molecular weight is 443 g/mol. The van der Waals surface area contributed by atoms with Gasteiger partial charge in [0.05, 0.1) is 15.5 Å². The standard InChI is InChI=1S/C19H23ClN2O4S2/c1-4-22(5-2)28(25,26)16-9-10-18(20)17(12-16)19(23)21-15-8-6-7-14(11-15)13-27(3)24/h6-12H,4-5,13H2,1-3H3,(H,21,23). The lowest BCUT2D eigenvalue weighted by Crippen LogP contribution is -2.30. The first-order chi connectivity index (χ1) is 13.2. The van der Waals surface area contributed by atoms with Gasteiger partial charge in [-0.1, -0.05) is 37.6 Å². The van der Waals surface area contributed by atoms with Crippen LogP contribution in [0.5, 0.6) is 0 Å². The van der Waals surface area contributed by atoms with Gasteiger partial charge in [0, 0.05) is 41.6 Å². The molecule has 9 heteroatoms. The van der Waals surface area contributed by atoms with Crippen molar-refractivity contribution in [2.45, 2.75) is 24.5 Å². The highest BCUT2D eigenvalue weighted by Crippen LogP contribution is 2.24. The number of hydrogen-bond acceptors (Lipinski definition) is 4. The number of carbonyl (C=O) groups is 1. The smallest absolute Gasteiger partial charge is 0.257 e. The van der Waals surface area contributed by atoms with Crippen LogP contribution in [0.3, 0.4) is 0 Å². The Morgan fingerprint density at radius 2 is 1.82 bits per heavy atom. The summed E-state index contributed by atoms with van der Waals surface area (Å²) in [4.78, 5) is 12.7. The fourth-order valence-electron chi connectivity index (χ4n) is 2.72. The third-order valence-electron chi connectivity index (χ3n) is 4.08. The van der Waals surface area contributed by atoms with Crippen LogP contribution in [0, 0.1) is 0 Å². The van der Waals surface area contributed by atoms with Crippen molar-refractivity contribution in [1.29, 1.82) is 0 Å². The molecule has 1 amide bonds. The van der Waals surface area contributed by atoms with E-state index in [9.17, 15) is 17.4 Å². The van der Waals surface area contributed by atoms with Crippen LogP contribution >= 0.6 is 11.6 Å². The summed E-state index contributed by atoms with van der Waals surface area (Å²) in [7, 11) is -4.71. The lowest BCUT2D eigenvalue weighted by Gasteiger charge is -2.19. The highest BCUT2D eigenvalue weighted by atomic mass is 35.5. The van der Waals surface area contributed by atoms with Crippen LogP contribution in [0.1, 0.15) is 29.8 Å². The topological polar surface area (TPSA) is 83.6 Å². The highest BCUT2D eigenvalue weighted by molar-refractivity contribution is 7.89. The molecular formula is C19H23ClN2O4S2. The molecule has 0 heterocycles. The molecule has 0 aliphatic heterocycles. The molecular weight excluding hydrogens is 420 g/mol. The second kappa shape index (κ2) is 9.65. The van der Waals surface area contributed by atoms with Gasteiger partial charge in [-0.15, -0.1) is 0 Å². The summed E-state index contributed by atoms with van der Waals surface area (Å²) >= 11 is 6.15. The summed E-state index contributed by atoms with van der Waals surface area (Å²) < 4.78 is 38.1. The summed E-state index contributed by atoms with van der Waals surface area (Å²) in [5.74, 6) is -0.140. The third kappa shape index (κ3) is 5.41. The first-order valence-electron chi connectivity index (χ1n) is 8.69. The predicted octanol–water partition coefficient (Wildman–Crippen LogP) is 3.50. The molecule has 152 valence electrons. The van der Waals surface area contributed by atoms with Crippen molar-refractivity contribution in [1.82, 2.24) is 4.31 Å². The van der Waals surface area contributed by atoms with Crippen LogP contribution in [0.2, 0.25) is 5.02 Å². The van der Waals surface area contributed by atoms with Gasteiger partial charge in [0.1, 0.15) is 0 Å². The molecule has 1 N–H and O–H groups in total. The fourth-order valence-corrected chi connectivity index (χ4v) is 5.06. The largest absolute Gasteiger partial charge is 0.322 e. The van der Waals surface area contributed by atoms with E-state index >= 15 is 0 Å². The quantitative estimate of drug-likeness (QED) is 0.678. The number of nitrogens with zero attached hydrogens (tertiary/aromatic N) is 1. The Hall–Kier alpha value is -1.74. The molecule has 28 heavy (non-hydrogen) atoms. The van der Waals surface area contributed by atoms with Crippen LogP contribution in [-0.2, 0) is 26.6 Å². The van der Waals surface area contributed by atoms with Crippen LogP contribution in [-0.4, -0.2) is 42.2 Å². The van der Waals surface area contributed by atoms with E-state index in [0.717, 1.165) is 5.56 Å². The van der Waals surface area contributed by atoms with Gasteiger partial charge in [-0.05, 0) is 35.9 Å². The maximum absolute atomic E-state index is 12.7. The Morgan fingerprint density at radius 1 is 1.14 bits per heavy atom. The lowest BCUT2D eigenvalue weighted by molar-refractivity contribution is 0.102. The van der Waals surface area contributed by atoms with Crippen molar-refractivity contribution in [2.75, 3.05) is 24.7 Å². The molecule has 2 aromatic carbocycles. The zero-order valence-electron chi connectivity index (χ0n) is 15.9. The van der Waals surface area contributed by atoms with Crippen LogP contribution < -0.4 is 5.32 Å². The van der Waals surface area contributed by atoms with Crippen LogP contribution in [0.15, 0.2) is 47.4 Å². The number of nitrogens with one attached hydrogen (secondary N) is 1. The van der Waals surface area contributed by atoms with E-state index < -0.39 is 26.7 Å². The first kappa shape index (κ1) is 22.5. The Kier molecular flexibility index (Phi) is 7.77. The number of amides is 1. The summed E-state index contributed by atoms with van der Waals surface area (Å²) in [6, 6.07) is 11.1. The van der Waals surface area contributed by atoms with Crippen molar-refractivity contribution in [3.8, 4) is 0 Å². The molecule has 6 nitrogen and oxygen atoms in total. The number of rotatable bonds is 8. The monoisotopic (exact) mass is 442 g/mol.